The molecule has 0 fully saturated rings. The summed E-state index contributed by atoms with van der Waals surface area (Å²) in [5.41, 5.74) is 0.172. The molecule has 1 aromatic carbocycles. The summed E-state index contributed by atoms with van der Waals surface area (Å²) in [4.78, 5) is 19.3. The summed E-state index contributed by atoms with van der Waals surface area (Å²) in [6, 6.07) is 6.02. The van der Waals surface area contributed by atoms with E-state index < -0.39 is 24.0 Å². The van der Waals surface area contributed by atoms with Gasteiger partial charge in [0.25, 0.3) is 0 Å². The number of carbonyl (C=O) groups excluding carboxylic acids is 1. The minimum absolute atomic E-state index is 0.143. The summed E-state index contributed by atoms with van der Waals surface area (Å²) >= 11 is -2.24. The van der Waals surface area contributed by atoms with E-state index in [0.29, 0.717) is 0 Å². The first-order valence-corrected chi connectivity index (χ1v) is 15.6. The van der Waals surface area contributed by atoms with Gasteiger partial charge < -0.3 is 0 Å². The number of ether oxygens (including phenoxy) is 1. The molecule has 0 bridgehead atoms. The SMILES string of the molecule is CC1(C)Oc2ccc[c]([Sn]([CH3])([CH3])[CH3])c2C1=O. The third-order valence-electron chi connectivity index (χ3n) is 2.97. The molecule has 0 spiro atoms. The molecule has 0 saturated carbocycles. The van der Waals surface area contributed by atoms with Crippen LogP contribution in [-0.4, -0.2) is 29.8 Å². The Balaban J connectivity index is 2.65. The second-order valence-electron chi connectivity index (χ2n) is 5.87. The van der Waals surface area contributed by atoms with Gasteiger partial charge in [-0.05, 0) is 0 Å². The predicted molar refractivity (Wildman–Crippen MR) is 68.5 cm³/mol. The van der Waals surface area contributed by atoms with Crippen molar-refractivity contribution in [3.05, 3.63) is 23.8 Å². The predicted octanol–water partition coefficient (Wildman–Crippen LogP) is 2.59. The fourth-order valence-corrected chi connectivity index (χ4v) is 6.62. The molecule has 86 valence electrons. The van der Waals surface area contributed by atoms with Crippen LogP contribution in [0.2, 0.25) is 14.8 Å². The molecular formula is C13H18O2Sn. The number of ketones is 1. The zero-order valence-corrected chi connectivity index (χ0v) is 13.4. The van der Waals surface area contributed by atoms with E-state index in [9.17, 15) is 4.79 Å². The van der Waals surface area contributed by atoms with Crippen molar-refractivity contribution in [3.63, 3.8) is 0 Å². The normalized spacial score (nSPS) is 18.2. The van der Waals surface area contributed by atoms with E-state index in [-0.39, 0.29) is 5.78 Å². The average Bonchev–Trinajstić information content (AvgIpc) is 2.36. The van der Waals surface area contributed by atoms with Crippen LogP contribution in [0.1, 0.15) is 24.2 Å². The second-order valence-corrected chi connectivity index (χ2v) is 20.3. The molecule has 0 radical (unpaired) electrons. The Morgan fingerprint density at radius 3 is 2.38 bits per heavy atom. The summed E-state index contributed by atoms with van der Waals surface area (Å²) in [6.07, 6.45) is 0. The number of hydrogen-bond donors (Lipinski definition) is 0. The molecule has 2 rings (SSSR count). The second kappa shape index (κ2) is 3.49. The van der Waals surface area contributed by atoms with Crippen LogP contribution in [0.3, 0.4) is 0 Å². The number of rotatable bonds is 1. The van der Waals surface area contributed by atoms with Gasteiger partial charge in [0, 0.05) is 0 Å². The van der Waals surface area contributed by atoms with E-state index in [2.05, 4.69) is 20.9 Å². The molecule has 3 heteroatoms. The van der Waals surface area contributed by atoms with E-state index in [1.807, 2.05) is 26.0 Å². The quantitative estimate of drug-likeness (QED) is 0.742. The number of benzene rings is 1. The Bertz CT molecular complexity index is 455. The summed E-state index contributed by atoms with van der Waals surface area (Å²) in [7, 11) is 0. The van der Waals surface area contributed by atoms with Crippen LogP contribution in [0.25, 0.3) is 0 Å². The minimum atomic E-state index is -2.24. The molecule has 0 aliphatic carbocycles. The van der Waals surface area contributed by atoms with Gasteiger partial charge in [-0.25, -0.2) is 0 Å². The van der Waals surface area contributed by atoms with Gasteiger partial charge in [0.2, 0.25) is 0 Å². The topological polar surface area (TPSA) is 26.3 Å². The molecule has 1 heterocycles. The van der Waals surface area contributed by atoms with Crippen LogP contribution in [0.5, 0.6) is 5.75 Å². The van der Waals surface area contributed by atoms with Gasteiger partial charge in [0.1, 0.15) is 0 Å². The monoisotopic (exact) mass is 326 g/mol. The Hall–Kier alpha value is -0.511. The Morgan fingerprint density at radius 1 is 1.19 bits per heavy atom. The first-order valence-electron chi connectivity index (χ1n) is 5.61. The van der Waals surface area contributed by atoms with Gasteiger partial charge in [0.15, 0.2) is 0 Å². The number of carbonyl (C=O) groups is 1. The van der Waals surface area contributed by atoms with Crippen molar-refractivity contribution in [1.29, 1.82) is 0 Å². The number of fused-ring (bicyclic) bond motifs is 1. The fraction of sp³-hybridized carbons (Fsp3) is 0.462. The number of Topliss-reactive ketones (excluding diaryl/α,β-unsaturated/α-hetero) is 1. The Morgan fingerprint density at radius 2 is 1.81 bits per heavy atom. The van der Waals surface area contributed by atoms with E-state index in [1.165, 1.54) is 3.58 Å². The van der Waals surface area contributed by atoms with Crippen molar-refractivity contribution in [2.24, 2.45) is 0 Å². The molecule has 16 heavy (non-hydrogen) atoms. The van der Waals surface area contributed by atoms with Crippen molar-refractivity contribution in [2.75, 3.05) is 0 Å². The molecular weight excluding hydrogens is 307 g/mol. The molecule has 1 aliphatic heterocycles. The maximum absolute atomic E-state index is 12.3. The zero-order valence-electron chi connectivity index (χ0n) is 10.5. The maximum atomic E-state index is 12.3. The van der Waals surface area contributed by atoms with E-state index in [1.54, 1.807) is 0 Å². The summed E-state index contributed by atoms with van der Waals surface area (Å²) in [5.74, 6) is 0.920. The van der Waals surface area contributed by atoms with Gasteiger partial charge in [0.05, 0.1) is 0 Å². The van der Waals surface area contributed by atoms with Crippen molar-refractivity contribution < 1.29 is 9.53 Å². The van der Waals surface area contributed by atoms with Gasteiger partial charge in [-0.3, -0.25) is 0 Å². The average molecular weight is 325 g/mol. The Kier molecular flexibility index (Phi) is 2.61. The standard InChI is InChI=1S/C10H9O2.3CH3.Sn/c1-10(2)9(11)7-5-3-4-6-8(7)12-10;;;;/h3-4,6H,1-2H3;3*1H3;. The molecule has 0 amide bonds. The molecule has 0 unspecified atom stereocenters. The van der Waals surface area contributed by atoms with Crippen molar-refractivity contribution >= 4 is 27.7 Å². The van der Waals surface area contributed by atoms with E-state index >= 15 is 0 Å². The van der Waals surface area contributed by atoms with Gasteiger partial charge in [-0.1, -0.05) is 0 Å². The van der Waals surface area contributed by atoms with Gasteiger partial charge in [-0.2, -0.15) is 0 Å². The van der Waals surface area contributed by atoms with Crippen molar-refractivity contribution in [1.82, 2.24) is 0 Å². The molecule has 1 aromatic rings. The zero-order chi connectivity index (χ0) is 12.1. The first kappa shape index (κ1) is 12.0. The Labute approximate surface area is 101 Å². The van der Waals surface area contributed by atoms with Crippen molar-refractivity contribution in [2.45, 2.75) is 34.3 Å². The van der Waals surface area contributed by atoms with Crippen LogP contribution < -0.4 is 8.32 Å². The molecule has 1 aliphatic rings. The van der Waals surface area contributed by atoms with Crippen LogP contribution >= 0.6 is 0 Å². The third kappa shape index (κ3) is 1.77. The van der Waals surface area contributed by atoms with Gasteiger partial charge in [-0.15, -0.1) is 0 Å². The third-order valence-corrected chi connectivity index (χ3v) is 8.77. The number of hydrogen-bond acceptors (Lipinski definition) is 2. The molecule has 2 nitrogen and oxygen atoms in total. The van der Waals surface area contributed by atoms with Gasteiger partial charge >= 0.3 is 101 Å². The van der Waals surface area contributed by atoms with Crippen LogP contribution in [0.4, 0.5) is 0 Å². The van der Waals surface area contributed by atoms with Crippen molar-refractivity contribution in [3.8, 4) is 5.75 Å². The summed E-state index contributed by atoms with van der Waals surface area (Å²) in [5, 5.41) is 0. The fourth-order valence-electron chi connectivity index (χ4n) is 2.10. The van der Waals surface area contributed by atoms with Crippen LogP contribution in [0, 0.1) is 0 Å². The molecule has 0 saturated heterocycles. The first-order chi connectivity index (χ1) is 7.23. The molecule has 0 aromatic heterocycles. The molecule has 0 N–H and O–H groups in total. The summed E-state index contributed by atoms with van der Waals surface area (Å²) in [6.45, 7) is 3.69. The molecule has 0 atom stereocenters. The van der Waals surface area contributed by atoms with E-state index in [0.717, 1.165) is 11.3 Å². The van der Waals surface area contributed by atoms with Crippen LogP contribution in [-0.2, 0) is 0 Å². The van der Waals surface area contributed by atoms with E-state index in [4.69, 9.17) is 4.74 Å². The summed E-state index contributed by atoms with van der Waals surface area (Å²) < 4.78 is 7.01. The van der Waals surface area contributed by atoms with Crippen LogP contribution in [0.15, 0.2) is 18.2 Å².